The molecule has 0 radical (unpaired) electrons. The van der Waals surface area contributed by atoms with Crippen LogP contribution in [0, 0.1) is 0 Å². The Kier molecular flexibility index (Phi) is 5.47. The van der Waals surface area contributed by atoms with Crippen LogP contribution < -0.4 is 0 Å². The number of aliphatic hydroxyl groups is 2. The van der Waals surface area contributed by atoms with Crippen molar-refractivity contribution in [2.75, 3.05) is 6.61 Å². The van der Waals surface area contributed by atoms with E-state index in [1.807, 2.05) is 0 Å². The number of aliphatic hydroxyl groups excluding tert-OH is 2. The van der Waals surface area contributed by atoms with Crippen molar-refractivity contribution in [1.29, 1.82) is 0 Å². The first-order chi connectivity index (χ1) is 8.99. The quantitative estimate of drug-likeness (QED) is 0.514. The summed E-state index contributed by atoms with van der Waals surface area (Å²) in [5, 5.41) is 28.9. The molecule has 1 rings (SSSR count). The molecule has 0 spiro atoms. The topological polar surface area (TPSA) is 104 Å². The number of ether oxygens (including phenoxy) is 1. The molecule has 1 aromatic carbocycles. The molecule has 0 saturated carbocycles. The zero-order valence-corrected chi connectivity index (χ0v) is 10.4. The third kappa shape index (κ3) is 4.04. The minimum atomic E-state index is -1.34. The summed E-state index contributed by atoms with van der Waals surface area (Å²) in [4.78, 5) is 21.8. The Morgan fingerprint density at radius 2 is 2.11 bits per heavy atom. The first-order valence-electron chi connectivity index (χ1n) is 5.79. The van der Waals surface area contributed by atoms with Gasteiger partial charge in [0.15, 0.2) is 6.29 Å². The molecule has 0 saturated heterocycles. The Morgan fingerprint density at radius 3 is 2.68 bits per heavy atom. The van der Waals surface area contributed by atoms with Crippen LogP contribution in [0.4, 0.5) is 0 Å². The number of aromatic hydroxyl groups is 1. The van der Waals surface area contributed by atoms with Gasteiger partial charge >= 0.3 is 5.97 Å². The number of aldehydes is 1. The van der Waals surface area contributed by atoms with E-state index in [4.69, 9.17) is 0 Å². The zero-order chi connectivity index (χ0) is 14.4. The van der Waals surface area contributed by atoms with Crippen LogP contribution in [0.3, 0.4) is 0 Å². The summed E-state index contributed by atoms with van der Waals surface area (Å²) in [7, 11) is 0. The van der Waals surface area contributed by atoms with Gasteiger partial charge in [-0.2, -0.15) is 0 Å². The molecule has 0 bridgehead atoms. The van der Waals surface area contributed by atoms with Crippen LogP contribution in [-0.4, -0.2) is 40.3 Å². The summed E-state index contributed by atoms with van der Waals surface area (Å²) in [6.45, 7) is 1.83. The van der Waals surface area contributed by atoms with E-state index in [-0.39, 0.29) is 29.9 Å². The number of phenolic OH excluding ortho intramolecular Hbond substituents is 1. The van der Waals surface area contributed by atoms with Gasteiger partial charge in [-0.15, -0.1) is 0 Å². The Labute approximate surface area is 110 Å². The predicted octanol–water partition coefficient (Wildman–Crippen LogP) is 0.552. The number of carbonyl (C=O) groups is 2. The third-order valence-electron chi connectivity index (χ3n) is 2.57. The molecule has 2 atom stereocenters. The lowest BCUT2D eigenvalue weighted by atomic mass is 10.00. The summed E-state index contributed by atoms with van der Waals surface area (Å²) in [5.41, 5.74) is 0.233. The monoisotopic (exact) mass is 268 g/mol. The molecule has 0 aromatic heterocycles. The first kappa shape index (κ1) is 15.1. The van der Waals surface area contributed by atoms with Gasteiger partial charge in [0.05, 0.1) is 24.7 Å². The normalized spacial score (nSPS) is 13.6. The number of carbonyl (C=O) groups excluding carboxylic acids is 2. The number of hydrogen-bond acceptors (Lipinski definition) is 6. The molecule has 3 N–H and O–H groups in total. The molecule has 0 amide bonds. The van der Waals surface area contributed by atoms with Gasteiger partial charge < -0.3 is 20.1 Å². The summed E-state index contributed by atoms with van der Waals surface area (Å²) >= 11 is 0. The highest BCUT2D eigenvalue weighted by atomic mass is 16.5. The van der Waals surface area contributed by atoms with Gasteiger partial charge in [-0.05, 0) is 24.6 Å². The van der Waals surface area contributed by atoms with E-state index in [1.165, 1.54) is 18.2 Å². The lowest BCUT2D eigenvalue weighted by Gasteiger charge is -2.17. The van der Waals surface area contributed by atoms with Gasteiger partial charge in [0.25, 0.3) is 0 Å². The molecular weight excluding hydrogens is 252 g/mol. The molecule has 0 fully saturated rings. The average molecular weight is 268 g/mol. The number of esters is 1. The largest absolute Gasteiger partial charge is 0.507 e. The van der Waals surface area contributed by atoms with Gasteiger partial charge in [0.1, 0.15) is 11.9 Å². The van der Waals surface area contributed by atoms with Gasteiger partial charge in [0.2, 0.25) is 0 Å². The Balaban J connectivity index is 2.79. The lowest BCUT2D eigenvalue weighted by Crippen LogP contribution is -2.23. The highest BCUT2D eigenvalue weighted by Crippen LogP contribution is 2.24. The fourth-order valence-corrected chi connectivity index (χ4v) is 1.58. The molecule has 19 heavy (non-hydrogen) atoms. The summed E-state index contributed by atoms with van der Waals surface area (Å²) in [6.07, 6.45) is -2.61. The highest BCUT2D eigenvalue weighted by molar-refractivity contribution is 5.79. The zero-order valence-electron chi connectivity index (χ0n) is 10.4. The first-order valence-corrected chi connectivity index (χ1v) is 5.79. The molecule has 0 aliphatic rings. The van der Waals surface area contributed by atoms with Gasteiger partial charge in [-0.3, -0.25) is 9.59 Å². The van der Waals surface area contributed by atoms with Crippen molar-refractivity contribution < 1.29 is 29.6 Å². The van der Waals surface area contributed by atoms with Crippen LogP contribution in [0.1, 0.15) is 35.4 Å². The van der Waals surface area contributed by atoms with Gasteiger partial charge in [-0.1, -0.05) is 6.07 Å². The van der Waals surface area contributed by atoms with Crippen LogP contribution in [0.15, 0.2) is 18.2 Å². The predicted molar refractivity (Wildman–Crippen MR) is 65.7 cm³/mol. The van der Waals surface area contributed by atoms with Crippen LogP contribution >= 0.6 is 0 Å². The van der Waals surface area contributed by atoms with Crippen molar-refractivity contribution >= 4 is 12.3 Å². The molecule has 6 nitrogen and oxygen atoms in total. The van der Waals surface area contributed by atoms with E-state index in [1.54, 1.807) is 6.92 Å². The van der Waals surface area contributed by atoms with Crippen molar-refractivity contribution in [3.05, 3.63) is 29.3 Å². The summed E-state index contributed by atoms with van der Waals surface area (Å²) < 4.78 is 4.66. The number of hydrogen-bond donors (Lipinski definition) is 3. The summed E-state index contributed by atoms with van der Waals surface area (Å²) in [5.74, 6) is -0.839. The molecule has 0 aliphatic heterocycles. The smallest absolute Gasteiger partial charge is 0.308 e. The number of benzene rings is 1. The minimum Gasteiger partial charge on any atom is -0.507 e. The van der Waals surface area contributed by atoms with E-state index in [0.29, 0.717) is 6.29 Å². The third-order valence-corrected chi connectivity index (χ3v) is 2.57. The average Bonchev–Trinajstić information content (AvgIpc) is 2.38. The van der Waals surface area contributed by atoms with Gasteiger partial charge in [0, 0.05) is 0 Å². The Hall–Kier alpha value is -1.92. The van der Waals surface area contributed by atoms with E-state index >= 15 is 0 Å². The van der Waals surface area contributed by atoms with Crippen molar-refractivity contribution in [3.8, 4) is 5.75 Å². The lowest BCUT2D eigenvalue weighted by molar-refractivity contribution is -0.147. The van der Waals surface area contributed by atoms with Crippen LogP contribution in [0.5, 0.6) is 5.75 Å². The van der Waals surface area contributed by atoms with Crippen LogP contribution in [0.2, 0.25) is 0 Å². The van der Waals surface area contributed by atoms with Gasteiger partial charge in [-0.25, -0.2) is 0 Å². The molecular formula is C13H16O6. The van der Waals surface area contributed by atoms with E-state index in [9.17, 15) is 24.9 Å². The molecule has 1 aromatic rings. The standard InChI is InChI=1S/C13H16O6/c1-2-19-12(17)6-11(16)13(18)8-3-4-10(15)9(5-8)7-14/h3-5,7,11,13,15-16,18H,2,6H2,1H3. The van der Waals surface area contributed by atoms with Crippen LogP contribution in [0.25, 0.3) is 0 Å². The second-order valence-electron chi connectivity index (χ2n) is 3.96. The van der Waals surface area contributed by atoms with Crippen molar-refractivity contribution in [3.63, 3.8) is 0 Å². The molecule has 0 aliphatic carbocycles. The highest BCUT2D eigenvalue weighted by Gasteiger charge is 2.22. The van der Waals surface area contributed by atoms with E-state index < -0.39 is 18.2 Å². The van der Waals surface area contributed by atoms with Crippen molar-refractivity contribution in [2.24, 2.45) is 0 Å². The Morgan fingerprint density at radius 1 is 1.42 bits per heavy atom. The minimum absolute atomic E-state index is 0.000107. The molecule has 104 valence electrons. The molecule has 0 heterocycles. The SMILES string of the molecule is CCOC(=O)CC(O)C(O)c1ccc(O)c(C=O)c1. The van der Waals surface area contributed by atoms with Crippen LogP contribution in [-0.2, 0) is 9.53 Å². The number of rotatable bonds is 6. The Bertz CT molecular complexity index is 456. The summed E-state index contributed by atoms with van der Waals surface area (Å²) in [6, 6.07) is 3.85. The van der Waals surface area contributed by atoms with Crippen molar-refractivity contribution in [1.82, 2.24) is 0 Å². The maximum Gasteiger partial charge on any atom is 0.308 e. The fourth-order valence-electron chi connectivity index (χ4n) is 1.58. The number of phenols is 1. The maximum atomic E-state index is 11.2. The molecule has 6 heteroatoms. The second-order valence-corrected chi connectivity index (χ2v) is 3.96. The van der Waals surface area contributed by atoms with E-state index in [2.05, 4.69) is 4.74 Å². The molecule has 2 unspecified atom stereocenters. The second kappa shape index (κ2) is 6.86. The van der Waals surface area contributed by atoms with E-state index in [0.717, 1.165) is 0 Å². The fraction of sp³-hybridized carbons (Fsp3) is 0.385. The van der Waals surface area contributed by atoms with Crippen molar-refractivity contribution in [2.45, 2.75) is 25.6 Å². The maximum absolute atomic E-state index is 11.2.